The van der Waals surface area contributed by atoms with E-state index in [0.29, 0.717) is 0 Å². The van der Waals surface area contributed by atoms with Crippen molar-refractivity contribution in [3.63, 3.8) is 0 Å². The Bertz CT molecular complexity index is 1020. The Labute approximate surface area is 195 Å². The molecule has 32 heavy (non-hydrogen) atoms. The van der Waals surface area contributed by atoms with Gasteiger partial charge in [0.15, 0.2) is 0 Å². The Morgan fingerprint density at radius 2 is 1.66 bits per heavy atom. The standard InChI is InChI=1S/C22H26.C10H12/c1-2-16-15-19(13-14-20(16)17-7-3-4-8-17)22-10-6-5-9-21(22)18-11-12-18;1-2-8-6-9-4-3-5-10(9)7-8/h5-6,9-10,13-15,17-18H,2-4,7-8,11-12H2,1H3;2,6-7,9H,1,3-5H2. The summed E-state index contributed by atoms with van der Waals surface area (Å²) in [6, 6.07) is 16.3. The minimum atomic E-state index is 0.785. The molecule has 0 amide bonds. The third-order valence-electron chi connectivity index (χ3n) is 8.05. The van der Waals surface area contributed by atoms with E-state index >= 15 is 0 Å². The van der Waals surface area contributed by atoms with E-state index in [0.717, 1.165) is 24.2 Å². The molecule has 0 saturated heterocycles. The van der Waals surface area contributed by atoms with Crippen LogP contribution >= 0.6 is 0 Å². The summed E-state index contributed by atoms with van der Waals surface area (Å²) in [5.41, 5.74) is 10.6. The number of allylic oxidation sites excluding steroid dienone is 5. The van der Waals surface area contributed by atoms with Gasteiger partial charge in [-0.1, -0.05) is 92.6 Å². The molecule has 1 atom stereocenters. The van der Waals surface area contributed by atoms with Crippen molar-refractivity contribution < 1.29 is 0 Å². The summed E-state index contributed by atoms with van der Waals surface area (Å²) in [6.07, 6.45) is 20.2. The van der Waals surface area contributed by atoms with Gasteiger partial charge in [-0.05, 0) is 103 Å². The van der Waals surface area contributed by atoms with Crippen LogP contribution in [-0.2, 0) is 6.42 Å². The number of fused-ring (bicyclic) bond motifs is 1. The fourth-order valence-electron chi connectivity index (χ4n) is 6.11. The quantitative estimate of drug-likeness (QED) is 0.450. The molecule has 0 N–H and O–H groups in total. The van der Waals surface area contributed by atoms with Crippen molar-refractivity contribution in [2.75, 3.05) is 0 Å². The van der Waals surface area contributed by atoms with Gasteiger partial charge in [0.05, 0.1) is 0 Å². The van der Waals surface area contributed by atoms with E-state index in [4.69, 9.17) is 0 Å². The van der Waals surface area contributed by atoms with Crippen molar-refractivity contribution in [1.82, 2.24) is 0 Å². The van der Waals surface area contributed by atoms with Crippen LogP contribution in [0.2, 0.25) is 0 Å². The molecule has 0 aromatic heterocycles. The summed E-state index contributed by atoms with van der Waals surface area (Å²) >= 11 is 0. The van der Waals surface area contributed by atoms with Crippen molar-refractivity contribution in [3.8, 4) is 11.1 Å². The van der Waals surface area contributed by atoms with E-state index in [1.54, 1.807) is 22.3 Å². The zero-order chi connectivity index (χ0) is 21.9. The van der Waals surface area contributed by atoms with Crippen LogP contribution in [0.5, 0.6) is 0 Å². The van der Waals surface area contributed by atoms with Crippen LogP contribution in [-0.4, -0.2) is 0 Å². The van der Waals surface area contributed by atoms with Gasteiger partial charge in [-0.25, -0.2) is 0 Å². The first-order chi connectivity index (χ1) is 15.8. The highest BCUT2D eigenvalue weighted by molar-refractivity contribution is 5.70. The predicted molar refractivity (Wildman–Crippen MR) is 138 cm³/mol. The maximum atomic E-state index is 3.76. The summed E-state index contributed by atoms with van der Waals surface area (Å²) in [4.78, 5) is 0. The molecule has 0 nitrogen and oxygen atoms in total. The minimum Gasteiger partial charge on any atom is -0.0985 e. The molecule has 1 unspecified atom stereocenters. The minimum absolute atomic E-state index is 0.785. The second-order valence-electron chi connectivity index (χ2n) is 10.2. The SMILES string of the molecule is C=CC1=CC2CCCC2=C1.CCc1cc(-c2ccccc2C2CC2)ccc1C1CCCC1. The van der Waals surface area contributed by atoms with Crippen LogP contribution < -0.4 is 0 Å². The fourth-order valence-corrected chi connectivity index (χ4v) is 6.11. The summed E-state index contributed by atoms with van der Waals surface area (Å²) in [5.74, 6) is 2.42. The molecule has 4 aliphatic rings. The third-order valence-corrected chi connectivity index (χ3v) is 8.05. The largest absolute Gasteiger partial charge is 0.0985 e. The van der Waals surface area contributed by atoms with Gasteiger partial charge in [-0.3, -0.25) is 0 Å². The van der Waals surface area contributed by atoms with Crippen molar-refractivity contribution >= 4 is 0 Å². The molecule has 0 radical (unpaired) electrons. The van der Waals surface area contributed by atoms with Gasteiger partial charge in [0.1, 0.15) is 0 Å². The van der Waals surface area contributed by atoms with E-state index in [1.165, 1.54) is 74.5 Å². The summed E-state index contributed by atoms with van der Waals surface area (Å²) in [6.45, 7) is 6.07. The number of aryl methyl sites for hydroxylation is 1. The van der Waals surface area contributed by atoms with Crippen LogP contribution in [0.4, 0.5) is 0 Å². The van der Waals surface area contributed by atoms with Gasteiger partial charge in [0.2, 0.25) is 0 Å². The first-order valence-corrected chi connectivity index (χ1v) is 13.0. The Balaban J connectivity index is 0.000000180. The zero-order valence-corrected chi connectivity index (χ0v) is 19.8. The summed E-state index contributed by atoms with van der Waals surface area (Å²) < 4.78 is 0. The highest BCUT2D eigenvalue weighted by atomic mass is 14.3. The molecule has 2 aromatic carbocycles. The second-order valence-corrected chi connectivity index (χ2v) is 10.2. The van der Waals surface area contributed by atoms with E-state index < -0.39 is 0 Å². The average molecular weight is 423 g/mol. The van der Waals surface area contributed by atoms with Gasteiger partial charge in [-0.2, -0.15) is 0 Å². The van der Waals surface area contributed by atoms with Crippen LogP contribution in [0.1, 0.15) is 93.2 Å². The van der Waals surface area contributed by atoms with Crippen molar-refractivity contribution in [2.45, 2.75) is 83.0 Å². The molecule has 3 fully saturated rings. The van der Waals surface area contributed by atoms with Crippen molar-refractivity contribution in [2.24, 2.45) is 5.92 Å². The van der Waals surface area contributed by atoms with Gasteiger partial charge in [0, 0.05) is 0 Å². The van der Waals surface area contributed by atoms with Crippen LogP contribution in [0.25, 0.3) is 11.1 Å². The van der Waals surface area contributed by atoms with E-state index in [2.05, 4.69) is 68.1 Å². The molecular formula is C32H38. The molecule has 0 spiro atoms. The normalized spacial score (nSPS) is 22.1. The Morgan fingerprint density at radius 3 is 2.38 bits per heavy atom. The van der Waals surface area contributed by atoms with E-state index in [-0.39, 0.29) is 0 Å². The first kappa shape index (κ1) is 21.5. The summed E-state index contributed by atoms with van der Waals surface area (Å²) in [7, 11) is 0. The molecule has 4 aliphatic carbocycles. The van der Waals surface area contributed by atoms with Crippen LogP contribution in [0, 0.1) is 5.92 Å². The number of hydrogen-bond donors (Lipinski definition) is 0. The molecule has 0 bridgehead atoms. The van der Waals surface area contributed by atoms with Crippen LogP contribution in [0.3, 0.4) is 0 Å². The highest BCUT2D eigenvalue weighted by Gasteiger charge is 2.26. The lowest BCUT2D eigenvalue weighted by atomic mass is 9.88. The number of benzene rings is 2. The fraction of sp³-hybridized carbons (Fsp3) is 0.438. The Morgan fingerprint density at radius 1 is 0.875 bits per heavy atom. The van der Waals surface area contributed by atoms with E-state index in [9.17, 15) is 0 Å². The van der Waals surface area contributed by atoms with Crippen molar-refractivity contribution in [3.05, 3.63) is 95.1 Å². The molecular weight excluding hydrogens is 384 g/mol. The lowest BCUT2D eigenvalue weighted by Gasteiger charge is -2.17. The third kappa shape index (κ3) is 4.56. The molecule has 6 rings (SSSR count). The zero-order valence-electron chi connectivity index (χ0n) is 19.8. The van der Waals surface area contributed by atoms with Crippen molar-refractivity contribution in [1.29, 1.82) is 0 Å². The van der Waals surface area contributed by atoms with E-state index in [1.807, 2.05) is 6.08 Å². The smallest absolute Gasteiger partial charge is 0.00109 e. The molecule has 166 valence electrons. The Kier molecular flexibility index (Phi) is 6.49. The first-order valence-electron chi connectivity index (χ1n) is 13.0. The molecule has 0 heteroatoms. The summed E-state index contributed by atoms with van der Waals surface area (Å²) in [5, 5.41) is 0. The monoisotopic (exact) mass is 422 g/mol. The molecule has 0 aliphatic heterocycles. The Hall–Kier alpha value is -2.34. The van der Waals surface area contributed by atoms with Gasteiger partial charge in [-0.15, -0.1) is 0 Å². The lowest BCUT2D eigenvalue weighted by molar-refractivity contribution is 0.713. The van der Waals surface area contributed by atoms with Gasteiger partial charge >= 0.3 is 0 Å². The average Bonchev–Trinajstić information content (AvgIpc) is 3.20. The van der Waals surface area contributed by atoms with Gasteiger partial charge in [0.25, 0.3) is 0 Å². The predicted octanol–water partition coefficient (Wildman–Crippen LogP) is 9.29. The highest BCUT2D eigenvalue weighted by Crippen LogP contribution is 2.45. The lowest BCUT2D eigenvalue weighted by Crippen LogP contribution is -1.99. The number of rotatable bonds is 5. The number of hydrogen-bond acceptors (Lipinski definition) is 0. The molecule has 3 saturated carbocycles. The van der Waals surface area contributed by atoms with Gasteiger partial charge < -0.3 is 0 Å². The second kappa shape index (κ2) is 9.65. The maximum absolute atomic E-state index is 3.76. The molecule has 0 heterocycles. The molecule has 2 aromatic rings. The maximum Gasteiger partial charge on any atom is -0.00109 e. The topological polar surface area (TPSA) is 0 Å². The van der Waals surface area contributed by atoms with Crippen LogP contribution in [0.15, 0.2) is 78.4 Å².